The van der Waals surface area contributed by atoms with Crippen molar-refractivity contribution < 1.29 is 9.59 Å². The monoisotopic (exact) mass is 382 g/mol. The third-order valence-electron chi connectivity index (χ3n) is 4.57. The summed E-state index contributed by atoms with van der Waals surface area (Å²) in [5.41, 5.74) is 2.13. The molecular formula is C18H18N6O2S. The lowest BCUT2D eigenvalue weighted by Gasteiger charge is -2.32. The van der Waals surface area contributed by atoms with Gasteiger partial charge in [0.25, 0.3) is 5.91 Å². The third-order valence-corrected chi connectivity index (χ3v) is 5.26. The van der Waals surface area contributed by atoms with Crippen molar-refractivity contribution in [2.24, 2.45) is 5.92 Å². The summed E-state index contributed by atoms with van der Waals surface area (Å²) in [6.07, 6.45) is 3.08. The molecule has 3 heterocycles. The van der Waals surface area contributed by atoms with E-state index >= 15 is 0 Å². The molecule has 1 aliphatic rings. The molecule has 0 bridgehead atoms. The van der Waals surface area contributed by atoms with Crippen LogP contribution in [-0.4, -0.2) is 50.0 Å². The van der Waals surface area contributed by atoms with Gasteiger partial charge in [-0.1, -0.05) is 6.07 Å². The van der Waals surface area contributed by atoms with Gasteiger partial charge in [0.05, 0.1) is 17.2 Å². The number of piperidine rings is 1. The molecule has 9 heteroatoms. The van der Waals surface area contributed by atoms with Gasteiger partial charge in [-0.15, -0.1) is 5.10 Å². The summed E-state index contributed by atoms with van der Waals surface area (Å²) in [4.78, 5) is 27.0. The van der Waals surface area contributed by atoms with E-state index in [-0.39, 0.29) is 17.7 Å². The normalized spacial score (nSPS) is 16.9. The second kappa shape index (κ2) is 7.67. The average Bonchev–Trinajstić information content (AvgIpc) is 3.42. The number of carbonyl (C=O) groups is 2. The van der Waals surface area contributed by atoms with Crippen molar-refractivity contribution in [1.82, 2.24) is 25.1 Å². The van der Waals surface area contributed by atoms with Crippen LogP contribution in [0.1, 0.15) is 23.2 Å². The first-order chi connectivity index (χ1) is 13.2. The highest BCUT2D eigenvalue weighted by atomic mass is 32.1. The zero-order valence-corrected chi connectivity index (χ0v) is 15.3. The number of rotatable bonds is 4. The first kappa shape index (κ1) is 17.3. The molecular weight excluding hydrogens is 364 g/mol. The molecule has 1 atom stereocenters. The summed E-state index contributed by atoms with van der Waals surface area (Å²) in [7, 11) is 0. The van der Waals surface area contributed by atoms with Gasteiger partial charge in [-0.05, 0) is 52.9 Å². The van der Waals surface area contributed by atoms with Crippen LogP contribution in [0.5, 0.6) is 0 Å². The highest BCUT2D eigenvalue weighted by molar-refractivity contribution is 7.08. The second-order valence-electron chi connectivity index (χ2n) is 6.40. The molecule has 1 aliphatic heterocycles. The Morgan fingerprint density at radius 1 is 1.26 bits per heavy atom. The van der Waals surface area contributed by atoms with E-state index in [1.165, 1.54) is 22.3 Å². The van der Waals surface area contributed by atoms with Crippen molar-refractivity contribution in [3.8, 4) is 5.69 Å². The maximum atomic E-state index is 12.7. The number of thiophene rings is 1. The fraction of sp³-hybridized carbons (Fsp3) is 0.278. The summed E-state index contributed by atoms with van der Waals surface area (Å²) in [5.74, 6) is -0.306. The summed E-state index contributed by atoms with van der Waals surface area (Å²) in [6.45, 7) is 1.13. The topological polar surface area (TPSA) is 93.0 Å². The van der Waals surface area contributed by atoms with Crippen LogP contribution in [0.3, 0.4) is 0 Å². The number of aromatic nitrogens is 4. The van der Waals surface area contributed by atoms with Crippen LogP contribution in [0.15, 0.2) is 47.4 Å². The molecule has 2 aromatic heterocycles. The number of hydrogen-bond donors (Lipinski definition) is 1. The summed E-state index contributed by atoms with van der Waals surface area (Å²) < 4.78 is 1.53. The molecule has 2 amide bonds. The highest BCUT2D eigenvalue weighted by Gasteiger charge is 2.29. The minimum absolute atomic E-state index is 0.00516. The Hall–Kier alpha value is -3.07. The van der Waals surface area contributed by atoms with Crippen LogP contribution in [0.4, 0.5) is 5.69 Å². The van der Waals surface area contributed by atoms with Crippen LogP contribution in [0.25, 0.3) is 5.69 Å². The SMILES string of the molecule is O=C(Nc1cccc(-n2cnnn2)c1)C1CCCN(C(=O)c2ccsc2)C1. The van der Waals surface area contributed by atoms with Crippen LogP contribution in [0.2, 0.25) is 0 Å². The predicted molar refractivity (Wildman–Crippen MR) is 101 cm³/mol. The molecule has 1 unspecified atom stereocenters. The first-order valence-corrected chi connectivity index (χ1v) is 9.61. The average molecular weight is 382 g/mol. The minimum Gasteiger partial charge on any atom is -0.338 e. The van der Waals surface area contributed by atoms with Gasteiger partial charge < -0.3 is 10.2 Å². The van der Waals surface area contributed by atoms with Gasteiger partial charge in [0.1, 0.15) is 6.33 Å². The number of hydrogen-bond acceptors (Lipinski definition) is 6. The number of benzene rings is 1. The van der Waals surface area contributed by atoms with Gasteiger partial charge in [-0.25, -0.2) is 4.68 Å². The van der Waals surface area contributed by atoms with E-state index in [0.29, 0.717) is 24.3 Å². The number of likely N-dealkylation sites (tertiary alicyclic amines) is 1. The van der Waals surface area contributed by atoms with Crippen molar-refractivity contribution in [3.05, 3.63) is 53.0 Å². The maximum absolute atomic E-state index is 12.7. The fourth-order valence-electron chi connectivity index (χ4n) is 3.19. The van der Waals surface area contributed by atoms with Crippen molar-refractivity contribution in [3.63, 3.8) is 0 Å². The van der Waals surface area contributed by atoms with Crippen molar-refractivity contribution in [2.75, 3.05) is 18.4 Å². The number of tetrazole rings is 1. The second-order valence-corrected chi connectivity index (χ2v) is 7.18. The Morgan fingerprint density at radius 2 is 2.19 bits per heavy atom. The molecule has 1 fully saturated rings. The van der Waals surface area contributed by atoms with E-state index in [2.05, 4.69) is 20.8 Å². The summed E-state index contributed by atoms with van der Waals surface area (Å²) in [6, 6.07) is 9.14. The molecule has 27 heavy (non-hydrogen) atoms. The lowest BCUT2D eigenvalue weighted by molar-refractivity contribution is -0.121. The largest absolute Gasteiger partial charge is 0.338 e. The van der Waals surface area contributed by atoms with Crippen LogP contribution in [0, 0.1) is 5.92 Å². The van der Waals surface area contributed by atoms with Crippen molar-refractivity contribution >= 4 is 28.8 Å². The maximum Gasteiger partial charge on any atom is 0.254 e. The first-order valence-electron chi connectivity index (χ1n) is 8.66. The Morgan fingerprint density at radius 3 is 2.96 bits per heavy atom. The number of nitrogens with one attached hydrogen (secondary N) is 1. The Bertz CT molecular complexity index is 925. The smallest absolute Gasteiger partial charge is 0.254 e. The van der Waals surface area contributed by atoms with Crippen molar-refractivity contribution in [2.45, 2.75) is 12.8 Å². The minimum atomic E-state index is -0.224. The zero-order chi connectivity index (χ0) is 18.6. The third kappa shape index (κ3) is 3.87. The van der Waals surface area contributed by atoms with Gasteiger partial charge in [-0.2, -0.15) is 11.3 Å². The number of carbonyl (C=O) groups excluding carboxylic acids is 2. The molecule has 0 spiro atoms. The quantitative estimate of drug-likeness (QED) is 0.747. The van der Waals surface area contributed by atoms with E-state index < -0.39 is 0 Å². The fourth-order valence-corrected chi connectivity index (χ4v) is 3.82. The van der Waals surface area contributed by atoms with Gasteiger partial charge in [0, 0.05) is 24.2 Å². The molecule has 3 aromatic rings. The molecule has 8 nitrogen and oxygen atoms in total. The van der Waals surface area contributed by atoms with E-state index in [9.17, 15) is 9.59 Å². The highest BCUT2D eigenvalue weighted by Crippen LogP contribution is 2.22. The molecule has 1 saturated heterocycles. The number of anilines is 1. The lowest BCUT2D eigenvalue weighted by Crippen LogP contribution is -2.43. The van der Waals surface area contributed by atoms with E-state index in [4.69, 9.17) is 0 Å². The number of amides is 2. The Kier molecular flexibility index (Phi) is 4.93. The standard InChI is InChI=1S/C18H18N6O2S/c25-17(20-15-4-1-5-16(9-15)24-12-19-21-22-24)13-3-2-7-23(10-13)18(26)14-6-8-27-11-14/h1,4-6,8-9,11-13H,2-3,7,10H2,(H,20,25). The molecule has 0 saturated carbocycles. The Balaban J connectivity index is 1.42. The van der Waals surface area contributed by atoms with Crippen LogP contribution >= 0.6 is 11.3 Å². The molecule has 0 radical (unpaired) electrons. The van der Waals surface area contributed by atoms with Gasteiger partial charge in [-0.3, -0.25) is 9.59 Å². The summed E-state index contributed by atoms with van der Waals surface area (Å²) in [5, 5.41) is 17.8. The molecule has 1 N–H and O–H groups in total. The molecule has 4 rings (SSSR count). The van der Waals surface area contributed by atoms with Gasteiger partial charge in [0.15, 0.2) is 0 Å². The summed E-state index contributed by atoms with van der Waals surface area (Å²) >= 11 is 1.50. The lowest BCUT2D eigenvalue weighted by atomic mass is 9.96. The van der Waals surface area contributed by atoms with Crippen molar-refractivity contribution in [1.29, 1.82) is 0 Å². The Labute approximate surface area is 159 Å². The van der Waals surface area contributed by atoms with Crippen LogP contribution < -0.4 is 5.32 Å². The van der Waals surface area contributed by atoms with Crippen LogP contribution in [-0.2, 0) is 4.79 Å². The molecule has 1 aromatic carbocycles. The molecule has 138 valence electrons. The van der Waals surface area contributed by atoms with Gasteiger partial charge >= 0.3 is 0 Å². The van der Waals surface area contributed by atoms with Gasteiger partial charge in [0.2, 0.25) is 5.91 Å². The van der Waals surface area contributed by atoms with E-state index in [0.717, 1.165) is 18.5 Å². The molecule has 0 aliphatic carbocycles. The van der Waals surface area contributed by atoms with E-state index in [1.54, 1.807) is 4.90 Å². The predicted octanol–water partition coefficient (Wildman–Crippen LogP) is 2.21. The number of nitrogens with zero attached hydrogens (tertiary/aromatic N) is 5. The zero-order valence-electron chi connectivity index (χ0n) is 14.5. The van der Waals surface area contributed by atoms with E-state index in [1.807, 2.05) is 41.1 Å².